The maximum atomic E-state index is 14.8. The molecule has 13 heteroatoms. The first-order chi connectivity index (χ1) is 15.1. The number of aliphatic hydroxyl groups excluding tert-OH is 1. The Kier molecular flexibility index (Phi) is 8.26. The van der Waals surface area contributed by atoms with E-state index in [1.165, 1.54) is 6.20 Å². The molecule has 3 rings (SSSR count). The van der Waals surface area contributed by atoms with Crippen LogP contribution in [0.25, 0.3) is 0 Å². The summed E-state index contributed by atoms with van der Waals surface area (Å²) in [5.74, 6) is -0.991. The summed E-state index contributed by atoms with van der Waals surface area (Å²) in [6.45, 7) is -0.206. The minimum Gasteiger partial charge on any atom is -0.386 e. The standard InChI is InChI=1S/C19H24ClF3N4O3S2/c1-27(10-16(28)18(22)23)15-5-3-2-4-13(15)25-14-9-12(21)17(8-11(14)20)32(29,30)26-19-24-6-7-31-19/h6-9,13,15-16,18,25,28H,2-5,10H2,1H3,(H,24,26)/t13-,15-,16?/m0/s1. The molecular formula is C19H24ClF3N4O3S2. The summed E-state index contributed by atoms with van der Waals surface area (Å²) in [5, 5.41) is 14.4. The highest BCUT2D eigenvalue weighted by Gasteiger charge is 2.32. The molecule has 1 aromatic heterocycles. The van der Waals surface area contributed by atoms with Gasteiger partial charge in [-0.15, -0.1) is 11.3 Å². The molecule has 0 spiro atoms. The SMILES string of the molecule is CN(CC(O)C(F)F)[C@H]1CCCC[C@@H]1Nc1cc(F)c(S(=O)(=O)Nc2nccs2)cc1Cl. The largest absolute Gasteiger partial charge is 0.386 e. The average Bonchev–Trinajstić information content (AvgIpc) is 3.22. The number of halogens is 4. The van der Waals surface area contributed by atoms with E-state index in [0.29, 0.717) is 12.8 Å². The number of hydrogen-bond acceptors (Lipinski definition) is 7. The van der Waals surface area contributed by atoms with E-state index in [9.17, 15) is 26.7 Å². The smallest absolute Gasteiger partial charge is 0.266 e. The van der Waals surface area contributed by atoms with Gasteiger partial charge in [-0.25, -0.2) is 26.6 Å². The topological polar surface area (TPSA) is 94.6 Å². The Balaban J connectivity index is 1.78. The molecule has 2 aromatic rings. The molecule has 7 nitrogen and oxygen atoms in total. The molecule has 1 unspecified atom stereocenters. The van der Waals surface area contributed by atoms with Crippen molar-refractivity contribution in [3.05, 3.63) is 34.5 Å². The summed E-state index contributed by atoms with van der Waals surface area (Å²) in [6, 6.07) is 1.60. The van der Waals surface area contributed by atoms with Gasteiger partial charge in [0.25, 0.3) is 16.4 Å². The number of hydrogen-bond donors (Lipinski definition) is 3. The fourth-order valence-corrected chi connectivity index (χ4v) is 5.96. The molecule has 1 aliphatic carbocycles. The van der Waals surface area contributed by atoms with Crippen molar-refractivity contribution in [2.75, 3.05) is 23.6 Å². The van der Waals surface area contributed by atoms with Gasteiger partial charge >= 0.3 is 0 Å². The molecule has 178 valence electrons. The molecule has 1 saturated carbocycles. The van der Waals surface area contributed by atoms with Crippen LogP contribution in [0.15, 0.2) is 28.6 Å². The number of nitrogens with zero attached hydrogens (tertiary/aromatic N) is 2. The van der Waals surface area contributed by atoms with E-state index in [-0.39, 0.29) is 34.5 Å². The fraction of sp³-hybridized carbons (Fsp3) is 0.526. The number of rotatable bonds is 9. The molecule has 1 heterocycles. The van der Waals surface area contributed by atoms with Gasteiger partial charge in [-0.1, -0.05) is 24.4 Å². The predicted molar refractivity (Wildman–Crippen MR) is 119 cm³/mol. The molecule has 32 heavy (non-hydrogen) atoms. The molecule has 0 amide bonds. The highest BCUT2D eigenvalue weighted by Crippen LogP contribution is 2.33. The van der Waals surface area contributed by atoms with Crippen LogP contribution in [0.3, 0.4) is 0 Å². The van der Waals surface area contributed by atoms with Crippen LogP contribution in [0, 0.1) is 5.82 Å². The van der Waals surface area contributed by atoms with Crippen molar-refractivity contribution in [3.63, 3.8) is 0 Å². The third-order valence-corrected chi connectivity index (χ3v) is 7.85. The first kappa shape index (κ1) is 25.0. The van der Waals surface area contributed by atoms with Crippen LogP contribution in [0.4, 0.5) is 24.0 Å². The van der Waals surface area contributed by atoms with Crippen LogP contribution >= 0.6 is 22.9 Å². The number of sulfonamides is 1. The summed E-state index contributed by atoms with van der Waals surface area (Å²) in [6.07, 6.45) is -0.0419. The van der Waals surface area contributed by atoms with Crippen LogP contribution in [0.2, 0.25) is 5.02 Å². The van der Waals surface area contributed by atoms with Crippen molar-refractivity contribution in [1.82, 2.24) is 9.88 Å². The first-order valence-corrected chi connectivity index (χ1v) is 12.7. The lowest BCUT2D eigenvalue weighted by Crippen LogP contribution is -2.50. The van der Waals surface area contributed by atoms with Crippen molar-refractivity contribution in [2.45, 2.75) is 55.2 Å². The number of anilines is 2. The van der Waals surface area contributed by atoms with Crippen molar-refractivity contribution >= 4 is 43.8 Å². The van der Waals surface area contributed by atoms with Gasteiger partial charge in [-0.05, 0) is 32.0 Å². The number of benzene rings is 1. The van der Waals surface area contributed by atoms with E-state index in [2.05, 4.69) is 15.0 Å². The Hall–Kier alpha value is -1.60. The number of thiazole rings is 1. The number of alkyl halides is 2. The molecular weight excluding hydrogens is 489 g/mol. The second kappa shape index (κ2) is 10.6. The lowest BCUT2D eigenvalue weighted by molar-refractivity contribution is -0.0284. The summed E-state index contributed by atoms with van der Waals surface area (Å²) < 4.78 is 67.5. The van der Waals surface area contributed by atoms with E-state index in [4.69, 9.17) is 11.6 Å². The van der Waals surface area contributed by atoms with Gasteiger partial charge in [0.05, 0.1) is 10.7 Å². The normalized spacial score (nSPS) is 20.5. The van der Waals surface area contributed by atoms with Crippen molar-refractivity contribution in [2.24, 2.45) is 0 Å². The quantitative estimate of drug-likeness (QED) is 0.470. The van der Waals surface area contributed by atoms with Gasteiger partial charge in [-0.3, -0.25) is 9.62 Å². The zero-order valence-corrected chi connectivity index (χ0v) is 19.5. The maximum absolute atomic E-state index is 14.8. The summed E-state index contributed by atoms with van der Waals surface area (Å²) >= 11 is 7.33. The monoisotopic (exact) mass is 512 g/mol. The number of nitrogens with one attached hydrogen (secondary N) is 2. The Morgan fingerprint density at radius 1 is 1.34 bits per heavy atom. The zero-order valence-electron chi connectivity index (χ0n) is 17.1. The highest BCUT2D eigenvalue weighted by atomic mass is 35.5. The Bertz CT molecular complexity index is 1010. The van der Waals surface area contributed by atoms with Gasteiger partial charge in [0.2, 0.25) is 0 Å². The lowest BCUT2D eigenvalue weighted by Gasteiger charge is -2.39. The Morgan fingerprint density at radius 3 is 2.72 bits per heavy atom. The molecule has 0 aliphatic heterocycles. The number of aliphatic hydroxyl groups is 1. The third kappa shape index (κ3) is 6.04. The van der Waals surface area contributed by atoms with Gasteiger partial charge < -0.3 is 10.4 Å². The maximum Gasteiger partial charge on any atom is 0.266 e. The number of aromatic nitrogens is 1. The zero-order chi connectivity index (χ0) is 23.5. The second-order valence-corrected chi connectivity index (χ2v) is 10.6. The molecule has 0 saturated heterocycles. The lowest BCUT2D eigenvalue weighted by atomic mass is 9.89. The second-order valence-electron chi connectivity index (χ2n) is 7.65. The molecule has 1 aliphatic rings. The van der Waals surface area contributed by atoms with Crippen molar-refractivity contribution in [1.29, 1.82) is 0 Å². The van der Waals surface area contributed by atoms with E-state index in [0.717, 1.165) is 36.3 Å². The third-order valence-electron chi connectivity index (χ3n) is 5.37. The summed E-state index contributed by atoms with van der Waals surface area (Å²) in [4.78, 5) is 4.87. The van der Waals surface area contributed by atoms with E-state index in [1.807, 2.05) is 0 Å². The van der Waals surface area contributed by atoms with Crippen LogP contribution < -0.4 is 10.0 Å². The average molecular weight is 513 g/mol. The van der Waals surface area contributed by atoms with Gasteiger partial charge in [0.15, 0.2) is 5.13 Å². The van der Waals surface area contributed by atoms with Crippen LogP contribution in [-0.4, -0.2) is 61.6 Å². The molecule has 1 fully saturated rings. The Labute approximate surface area is 193 Å². The van der Waals surface area contributed by atoms with Crippen molar-refractivity contribution < 1.29 is 26.7 Å². The highest BCUT2D eigenvalue weighted by molar-refractivity contribution is 7.93. The summed E-state index contributed by atoms with van der Waals surface area (Å²) in [7, 11) is -2.58. The number of likely N-dealkylation sites (N-methyl/N-ethyl adjacent to an activating group) is 1. The van der Waals surface area contributed by atoms with Gasteiger partial charge in [-0.2, -0.15) is 0 Å². The van der Waals surface area contributed by atoms with Crippen LogP contribution in [0.1, 0.15) is 25.7 Å². The Morgan fingerprint density at radius 2 is 2.06 bits per heavy atom. The molecule has 1 aromatic carbocycles. The van der Waals surface area contributed by atoms with E-state index >= 15 is 0 Å². The summed E-state index contributed by atoms with van der Waals surface area (Å²) in [5.41, 5.74) is 0.206. The molecule has 3 atom stereocenters. The predicted octanol–water partition coefficient (Wildman–Crippen LogP) is 4.02. The minimum atomic E-state index is -4.23. The molecule has 3 N–H and O–H groups in total. The van der Waals surface area contributed by atoms with Crippen molar-refractivity contribution in [3.8, 4) is 0 Å². The van der Waals surface area contributed by atoms with Gasteiger partial charge in [0, 0.05) is 30.2 Å². The minimum absolute atomic E-state index is 0.00510. The molecule has 0 bridgehead atoms. The molecule has 0 radical (unpaired) electrons. The van der Waals surface area contributed by atoms with E-state index in [1.54, 1.807) is 17.3 Å². The van der Waals surface area contributed by atoms with Gasteiger partial charge in [0.1, 0.15) is 16.8 Å². The van der Waals surface area contributed by atoms with Crippen LogP contribution in [0.5, 0.6) is 0 Å². The van der Waals surface area contributed by atoms with Crippen LogP contribution in [-0.2, 0) is 10.0 Å². The van der Waals surface area contributed by atoms with E-state index < -0.39 is 33.3 Å². The first-order valence-electron chi connectivity index (χ1n) is 9.93. The fourth-order valence-electron chi connectivity index (χ4n) is 3.81.